The average Bonchev–Trinajstić information content (AvgIpc) is 3.07. The number of H-pyrrole nitrogens is 1. The number of hydrogen-bond donors (Lipinski definition) is 3. The Balaban J connectivity index is 1.79. The number of carboxylic acid groups (broad SMARTS) is 1. The number of hydrogen-bond acceptors (Lipinski definition) is 9. The van der Waals surface area contributed by atoms with Crippen LogP contribution in [-0.4, -0.2) is 84.1 Å². The molecule has 25 heavy (non-hydrogen) atoms. The number of esters is 1. The summed E-state index contributed by atoms with van der Waals surface area (Å²) in [4.78, 5) is 45.6. The number of rotatable bonds is 9. The van der Waals surface area contributed by atoms with Crippen molar-refractivity contribution >= 4 is 47.3 Å². The van der Waals surface area contributed by atoms with E-state index < -0.39 is 42.4 Å². The number of β-lactam (4-membered cyclic amide) rings is 1. The largest absolute Gasteiger partial charge is 0.479 e. The second-order valence-electron chi connectivity index (χ2n) is 4.76. The van der Waals surface area contributed by atoms with Gasteiger partial charge in [0.25, 0.3) is 5.91 Å². The van der Waals surface area contributed by atoms with Crippen LogP contribution in [-0.2, 0) is 30.3 Å². The first-order valence-corrected chi connectivity index (χ1v) is 8.31. The van der Waals surface area contributed by atoms with Gasteiger partial charge in [0.1, 0.15) is 11.8 Å². The van der Waals surface area contributed by atoms with E-state index in [1.165, 1.54) is 4.31 Å². The summed E-state index contributed by atoms with van der Waals surface area (Å²) < 4.78 is 5.70. The van der Waals surface area contributed by atoms with Gasteiger partial charge in [0.2, 0.25) is 5.91 Å². The first-order valence-electron chi connectivity index (χ1n) is 6.83. The number of carbonyl (C=O) groups excluding carboxylic acids is 3. The first-order chi connectivity index (χ1) is 11.9. The van der Waals surface area contributed by atoms with Gasteiger partial charge in [-0.1, -0.05) is 5.21 Å². The highest BCUT2D eigenvalue weighted by molar-refractivity contribution is 7.98. The molecule has 0 bridgehead atoms. The maximum atomic E-state index is 12.1. The van der Waals surface area contributed by atoms with Gasteiger partial charge in [-0.3, -0.25) is 18.7 Å². The van der Waals surface area contributed by atoms with Crippen molar-refractivity contribution in [2.45, 2.75) is 18.5 Å². The van der Waals surface area contributed by atoms with Gasteiger partial charge in [-0.25, -0.2) is 4.79 Å². The number of ether oxygens (including phenoxy) is 1. The van der Waals surface area contributed by atoms with Crippen molar-refractivity contribution in [1.29, 1.82) is 0 Å². The lowest BCUT2D eigenvalue weighted by Gasteiger charge is -2.44. The van der Waals surface area contributed by atoms with Gasteiger partial charge in [0.05, 0.1) is 12.5 Å². The number of amides is 2. The Morgan fingerprint density at radius 3 is 2.80 bits per heavy atom. The topological polar surface area (TPSA) is 167 Å². The van der Waals surface area contributed by atoms with Crippen molar-refractivity contribution in [2.24, 2.45) is 0 Å². The number of aromatic amines is 1. The van der Waals surface area contributed by atoms with Gasteiger partial charge in [-0.05, 0) is 11.9 Å². The van der Waals surface area contributed by atoms with Crippen LogP contribution in [0.4, 0.5) is 0 Å². The Morgan fingerprint density at radius 1 is 1.44 bits per heavy atom. The summed E-state index contributed by atoms with van der Waals surface area (Å²) in [6.07, 6.45) is -0.149. The third-order valence-corrected chi connectivity index (χ3v) is 4.44. The monoisotopic (exact) mass is 392 g/mol. The molecule has 0 radical (unpaired) electrons. The van der Waals surface area contributed by atoms with Crippen LogP contribution in [0.25, 0.3) is 0 Å². The van der Waals surface area contributed by atoms with Crippen molar-refractivity contribution < 1.29 is 29.0 Å². The predicted octanol–water partition coefficient (Wildman–Crippen LogP) is -2.05. The van der Waals surface area contributed by atoms with Crippen LogP contribution in [0.1, 0.15) is 5.82 Å². The molecule has 12 nitrogen and oxygen atoms in total. The summed E-state index contributed by atoms with van der Waals surface area (Å²) in [5, 5.41) is 23.7. The Morgan fingerprint density at radius 2 is 2.20 bits per heavy atom. The highest BCUT2D eigenvalue weighted by atomic mass is 35.5. The maximum Gasteiger partial charge on any atom is 0.341 e. The third-order valence-electron chi connectivity index (χ3n) is 3.03. The fourth-order valence-corrected chi connectivity index (χ4v) is 3.27. The number of nitrogens with one attached hydrogen (secondary N) is 2. The minimum Gasteiger partial charge on any atom is -0.479 e. The number of aromatic nitrogens is 4. The standard InChI is InChI=1S/C11H13ClN6O6S/c12-2-5-10(13-7(19)1-6-14-16-17-15-6)11(23)18(5)25-4-9(22)24-3-8(20)21/h5,10H,1-4H2,(H,13,19)(H,20,21)(H,14,15,16,17). The van der Waals surface area contributed by atoms with E-state index in [9.17, 15) is 19.2 Å². The van der Waals surface area contributed by atoms with E-state index in [0.717, 1.165) is 11.9 Å². The number of carboxylic acids is 1. The molecule has 1 aromatic heterocycles. The van der Waals surface area contributed by atoms with Crippen LogP contribution in [0.15, 0.2) is 0 Å². The summed E-state index contributed by atoms with van der Waals surface area (Å²) in [6.45, 7) is -0.749. The van der Waals surface area contributed by atoms with E-state index in [0.29, 0.717) is 0 Å². The molecule has 2 amide bonds. The quantitative estimate of drug-likeness (QED) is 0.184. The van der Waals surface area contributed by atoms with Gasteiger partial charge in [0, 0.05) is 5.88 Å². The van der Waals surface area contributed by atoms with Crippen LogP contribution in [0.3, 0.4) is 0 Å². The molecule has 1 fully saturated rings. The van der Waals surface area contributed by atoms with Crippen molar-refractivity contribution in [1.82, 2.24) is 30.2 Å². The zero-order valence-electron chi connectivity index (χ0n) is 12.5. The number of alkyl halides is 1. The van der Waals surface area contributed by atoms with E-state index in [1.807, 2.05) is 0 Å². The second-order valence-corrected chi connectivity index (χ2v) is 6.01. The molecule has 0 spiro atoms. The summed E-state index contributed by atoms with van der Waals surface area (Å²) in [7, 11) is 0. The molecule has 2 rings (SSSR count). The molecule has 1 aliphatic heterocycles. The van der Waals surface area contributed by atoms with Crippen molar-refractivity contribution in [3.8, 4) is 0 Å². The van der Waals surface area contributed by atoms with Gasteiger partial charge in [0.15, 0.2) is 12.4 Å². The summed E-state index contributed by atoms with van der Waals surface area (Å²) >= 11 is 6.65. The van der Waals surface area contributed by atoms with Crippen LogP contribution < -0.4 is 5.32 Å². The van der Waals surface area contributed by atoms with Crippen molar-refractivity contribution in [3.63, 3.8) is 0 Å². The Kier molecular flexibility index (Phi) is 6.52. The third kappa shape index (κ3) is 5.03. The lowest BCUT2D eigenvalue weighted by Crippen LogP contribution is -2.69. The second kappa shape index (κ2) is 8.62. The van der Waals surface area contributed by atoms with Gasteiger partial charge >= 0.3 is 11.9 Å². The first kappa shape index (κ1) is 18.9. The normalized spacial score (nSPS) is 19.2. The Labute approximate surface area is 149 Å². The molecule has 0 aromatic carbocycles. The Hall–Kier alpha value is -2.41. The molecule has 0 aliphatic carbocycles. The fraction of sp³-hybridized carbons (Fsp3) is 0.545. The maximum absolute atomic E-state index is 12.1. The van der Waals surface area contributed by atoms with E-state index in [4.69, 9.17) is 16.7 Å². The highest BCUT2D eigenvalue weighted by Crippen LogP contribution is 2.29. The number of aliphatic carboxylic acids is 1. The molecule has 0 saturated carbocycles. The average molecular weight is 393 g/mol. The molecule has 3 N–H and O–H groups in total. The van der Waals surface area contributed by atoms with Crippen LogP contribution in [0.2, 0.25) is 0 Å². The van der Waals surface area contributed by atoms with Crippen molar-refractivity contribution in [3.05, 3.63) is 5.82 Å². The highest BCUT2D eigenvalue weighted by Gasteiger charge is 2.48. The van der Waals surface area contributed by atoms with Gasteiger partial charge in [-0.15, -0.1) is 21.8 Å². The molecule has 2 unspecified atom stereocenters. The summed E-state index contributed by atoms with van der Waals surface area (Å²) in [5.41, 5.74) is 0. The number of nitrogens with zero attached hydrogens (tertiary/aromatic N) is 4. The zero-order chi connectivity index (χ0) is 18.4. The van der Waals surface area contributed by atoms with Gasteiger partial charge in [-0.2, -0.15) is 5.21 Å². The number of carbonyl (C=O) groups is 4. The minimum atomic E-state index is -1.28. The molecule has 1 saturated heterocycles. The van der Waals surface area contributed by atoms with E-state index >= 15 is 0 Å². The van der Waals surface area contributed by atoms with E-state index in [2.05, 4.69) is 30.7 Å². The molecule has 14 heteroatoms. The molecule has 2 heterocycles. The molecule has 2 atom stereocenters. The van der Waals surface area contributed by atoms with E-state index in [-0.39, 0.29) is 23.9 Å². The SMILES string of the molecule is O=C(O)COC(=O)CSN1C(=O)C(NC(=O)Cc2nn[nH]n2)C1CCl. The van der Waals surface area contributed by atoms with Crippen LogP contribution in [0.5, 0.6) is 0 Å². The summed E-state index contributed by atoms with van der Waals surface area (Å²) in [6, 6.07) is -1.33. The van der Waals surface area contributed by atoms with Crippen LogP contribution in [0, 0.1) is 0 Å². The smallest absolute Gasteiger partial charge is 0.341 e. The fourth-order valence-electron chi connectivity index (χ4n) is 1.92. The molecular weight excluding hydrogens is 380 g/mol. The molecular formula is C11H13ClN6O6S. The lowest BCUT2D eigenvalue weighted by molar-refractivity contribution is -0.153. The van der Waals surface area contributed by atoms with Crippen molar-refractivity contribution in [2.75, 3.05) is 18.2 Å². The minimum absolute atomic E-state index is 0.0378. The van der Waals surface area contributed by atoms with Crippen LogP contribution >= 0.6 is 23.5 Å². The molecule has 1 aromatic rings. The number of tetrazole rings is 1. The van der Waals surface area contributed by atoms with E-state index in [1.54, 1.807) is 0 Å². The number of halogens is 1. The predicted molar refractivity (Wildman–Crippen MR) is 82.2 cm³/mol. The summed E-state index contributed by atoms with van der Waals surface area (Å²) in [5.74, 6) is -2.99. The molecule has 136 valence electrons. The lowest BCUT2D eigenvalue weighted by atomic mass is 10.0. The Bertz CT molecular complexity index is 657. The molecule has 1 aliphatic rings. The van der Waals surface area contributed by atoms with Gasteiger partial charge < -0.3 is 15.2 Å². The zero-order valence-corrected chi connectivity index (χ0v) is 14.1.